The third-order valence-corrected chi connectivity index (χ3v) is 6.10. The molecule has 0 aromatic heterocycles. The normalized spacial score (nSPS) is 32.9. The summed E-state index contributed by atoms with van der Waals surface area (Å²) in [6.07, 6.45) is 3.61. The van der Waals surface area contributed by atoms with Crippen LogP contribution in [0, 0.1) is 0 Å². The first-order valence-electron chi connectivity index (χ1n) is 6.33. The van der Waals surface area contributed by atoms with E-state index < -0.39 is 10.0 Å². The molecule has 5 heteroatoms. The van der Waals surface area contributed by atoms with E-state index in [9.17, 15) is 8.42 Å². The molecular weight excluding hydrogens is 224 g/mol. The maximum absolute atomic E-state index is 12.3. The molecule has 0 amide bonds. The number of nitrogens with zero attached hydrogens (tertiary/aromatic N) is 1. The van der Waals surface area contributed by atoms with Gasteiger partial charge in [0.2, 0.25) is 10.0 Å². The van der Waals surface area contributed by atoms with Gasteiger partial charge in [-0.3, -0.25) is 0 Å². The van der Waals surface area contributed by atoms with Crippen LogP contribution in [0.1, 0.15) is 39.5 Å². The predicted octanol–water partition coefficient (Wildman–Crippen LogP) is 0.941. The Morgan fingerprint density at radius 1 is 1.25 bits per heavy atom. The molecular formula is C11H22N2O2S. The second-order valence-corrected chi connectivity index (χ2v) is 7.06. The number of hydrogen-bond donors (Lipinski definition) is 1. The van der Waals surface area contributed by atoms with Gasteiger partial charge in [-0.25, -0.2) is 8.42 Å². The minimum absolute atomic E-state index is 0.0721. The van der Waals surface area contributed by atoms with Crippen LogP contribution in [-0.4, -0.2) is 43.1 Å². The SMILES string of the molecule is CCC1CN(S(=O)(=O)C2CC2)C(CC)CN1. The van der Waals surface area contributed by atoms with Crippen molar-refractivity contribution in [1.82, 2.24) is 9.62 Å². The van der Waals surface area contributed by atoms with E-state index in [0.717, 1.165) is 32.2 Å². The van der Waals surface area contributed by atoms with Crippen molar-refractivity contribution >= 4 is 10.0 Å². The van der Waals surface area contributed by atoms with E-state index in [-0.39, 0.29) is 11.3 Å². The fourth-order valence-electron chi connectivity index (χ4n) is 2.33. The molecule has 2 fully saturated rings. The zero-order valence-corrected chi connectivity index (χ0v) is 11.0. The Morgan fingerprint density at radius 2 is 1.94 bits per heavy atom. The molecule has 0 bridgehead atoms. The quantitative estimate of drug-likeness (QED) is 0.803. The van der Waals surface area contributed by atoms with Crippen LogP contribution in [0.25, 0.3) is 0 Å². The second kappa shape index (κ2) is 4.63. The first kappa shape index (κ1) is 12.3. The molecule has 0 radical (unpaired) electrons. The molecule has 2 aliphatic rings. The molecule has 1 heterocycles. The van der Waals surface area contributed by atoms with Crippen molar-refractivity contribution in [3.05, 3.63) is 0 Å². The van der Waals surface area contributed by atoms with Gasteiger partial charge in [0.05, 0.1) is 5.25 Å². The van der Waals surface area contributed by atoms with Gasteiger partial charge in [-0.2, -0.15) is 4.31 Å². The topological polar surface area (TPSA) is 49.4 Å². The predicted molar refractivity (Wildman–Crippen MR) is 64.8 cm³/mol. The average molecular weight is 246 g/mol. The van der Waals surface area contributed by atoms with Gasteiger partial charge in [-0.15, -0.1) is 0 Å². The molecule has 1 N–H and O–H groups in total. The van der Waals surface area contributed by atoms with Crippen LogP contribution in [0.3, 0.4) is 0 Å². The van der Waals surface area contributed by atoms with Crippen LogP contribution in [0.5, 0.6) is 0 Å². The summed E-state index contributed by atoms with van der Waals surface area (Å²) in [5, 5.41) is 3.35. The van der Waals surface area contributed by atoms with Gasteiger partial charge in [0.15, 0.2) is 0 Å². The fraction of sp³-hybridized carbons (Fsp3) is 1.00. The van der Waals surface area contributed by atoms with Crippen molar-refractivity contribution in [2.45, 2.75) is 56.9 Å². The molecule has 1 aliphatic carbocycles. The van der Waals surface area contributed by atoms with Crippen LogP contribution in [0.15, 0.2) is 0 Å². The van der Waals surface area contributed by atoms with Gasteiger partial charge in [-0.05, 0) is 25.7 Å². The average Bonchev–Trinajstić information content (AvgIpc) is 3.12. The third-order valence-electron chi connectivity index (χ3n) is 3.69. The lowest BCUT2D eigenvalue weighted by atomic mass is 10.1. The summed E-state index contributed by atoms with van der Waals surface area (Å²) in [5.41, 5.74) is 0. The Balaban J connectivity index is 2.14. The highest BCUT2D eigenvalue weighted by molar-refractivity contribution is 7.90. The van der Waals surface area contributed by atoms with Gasteiger partial charge < -0.3 is 5.32 Å². The Kier molecular flexibility index (Phi) is 3.56. The summed E-state index contributed by atoms with van der Waals surface area (Å²) in [5.74, 6) is 0. The molecule has 1 aliphatic heterocycles. The maximum atomic E-state index is 12.3. The summed E-state index contributed by atoms with van der Waals surface area (Å²) < 4.78 is 26.3. The van der Waals surface area contributed by atoms with Crippen LogP contribution >= 0.6 is 0 Å². The van der Waals surface area contributed by atoms with Crippen LogP contribution in [0.2, 0.25) is 0 Å². The molecule has 2 unspecified atom stereocenters. The lowest BCUT2D eigenvalue weighted by Gasteiger charge is -2.39. The maximum Gasteiger partial charge on any atom is 0.217 e. The molecule has 4 nitrogen and oxygen atoms in total. The van der Waals surface area contributed by atoms with E-state index in [1.807, 2.05) is 0 Å². The van der Waals surface area contributed by atoms with Crippen LogP contribution in [-0.2, 0) is 10.0 Å². The van der Waals surface area contributed by atoms with Crippen molar-refractivity contribution in [3.63, 3.8) is 0 Å². The van der Waals surface area contributed by atoms with Gasteiger partial charge in [-0.1, -0.05) is 13.8 Å². The minimum Gasteiger partial charge on any atom is -0.311 e. The fourth-order valence-corrected chi connectivity index (χ4v) is 4.47. The summed E-state index contributed by atoms with van der Waals surface area (Å²) in [7, 11) is -3.00. The molecule has 0 spiro atoms. The number of sulfonamides is 1. The molecule has 2 atom stereocenters. The zero-order chi connectivity index (χ0) is 11.8. The van der Waals surface area contributed by atoms with Gasteiger partial charge in [0.25, 0.3) is 0 Å². The third kappa shape index (κ3) is 2.26. The zero-order valence-electron chi connectivity index (χ0n) is 10.1. The molecule has 0 aromatic carbocycles. The molecule has 1 saturated heterocycles. The summed E-state index contributed by atoms with van der Waals surface area (Å²) in [6.45, 7) is 5.63. The Morgan fingerprint density at radius 3 is 2.44 bits per heavy atom. The van der Waals surface area contributed by atoms with E-state index in [1.54, 1.807) is 4.31 Å². The number of nitrogens with one attached hydrogen (secondary N) is 1. The largest absolute Gasteiger partial charge is 0.311 e. The molecule has 0 aromatic rings. The van der Waals surface area contributed by atoms with Crippen molar-refractivity contribution in [3.8, 4) is 0 Å². The monoisotopic (exact) mass is 246 g/mol. The Bertz CT molecular complexity index is 338. The Labute approximate surface area is 98.4 Å². The molecule has 2 rings (SSSR count). The summed E-state index contributed by atoms with van der Waals surface area (Å²) >= 11 is 0. The van der Waals surface area contributed by atoms with Crippen LogP contribution < -0.4 is 5.32 Å². The van der Waals surface area contributed by atoms with Gasteiger partial charge in [0.1, 0.15) is 0 Å². The first-order chi connectivity index (χ1) is 7.59. The van der Waals surface area contributed by atoms with Crippen molar-refractivity contribution in [2.24, 2.45) is 0 Å². The molecule has 16 heavy (non-hydrogen) atoms. The number of rotatable bonds is 4. The van der Waals surface area contributed by atoms with E-state index in [1.165, 1.54) is 0 Å². The number of piperazine rings is 1. The highest BCUT2D eigenvalue weighted by Crippen LogP contribution is 2.33. The standard InChI is InChI=1S/C11H22N2O2S/c1-3-9-8-13(10(4-2)7-12-9)16(14,15)11-5-6-11/h9-12H,3-8H2,1-2H3. The molecule has 94 valence electrons. The van der Waals surface area contributed by atoms with Crippen molar-refractivity contribution in [1.29, 1.82) is 0 Å². The van der Waals surface area contributed by atoms with E-state index in [0.29, 0.717) is 12.6 Å². The second-order valence-electron chi connectivity index (χ2n) is 4.89. The van der Waals surface area contributed by atoms with Gasteiger partial charge >= 0.3 is 0 Å². The van der Waals surface area contributed by atoms with Crippen molar-refractivity contribution in [2.75, 3.05) is 13.1 Å². The van der Waals surface area contributed by atoms with E-state index in [2.05, 4.69) is 19.2 Å². The first-order valence-corrected chi connectivity index (χ1v) is 7.84. The summed E-state index contributed by atoms with van der Waals surface area (Å²) in [6, 6.07) is 0.490. The summed E-state index contributed by atoms with van der Waals surface area (Å²) in [4.78, 5) is 0. The highest BCUT2D eigenvalue weighted by Gasteiger charge is 2.44. The molecule has 1 saturated carbocycles. The highest BCUT2D eigenvalue weighted by atomic mass is 32.2. The number of hydrogen-bond acceptors (Lipinski definition) is 3. The lowest BCUT2D eigenvalue weighted by Crippen LogP contribution is -2.58. The van der Waals surface area contributed by atoms with Crippen molar-refractivity contribution < 1.29 is 8.42 Å². The van der Waals surface area contributed by atoms with E-state index >= 15 is 0 Å². The van der Waals surface area contributed by atoms with Gasteiger partial charge in [0, 0.05) is 25.2 Å². The smallest absolute Gasteiger partial charge is 0.217 e. The Hall–Kier alpha value is -0.130. The lowest BCUT2D eigenvalue weighted by molar-refractivity contribution is 0.215. The van der Waals surface area contributed by atoms with E-state index in [4.69, 9.17) is 0 Å². The van der Waals surface area contributed by atoms with Crippen LogP contribution in [0.4, 0.5) is 0 Å². The minimum atomic E-state index is -3.00.